The fourth-order valence-corrected chi connectivity index (χ4v) is 3.93. The lowest BCUT2D eigenvalue weighted by molar-refractivity contribution is 0.475. The van der Waals surface area contributed by atoms with Crippen molar-refractivity contribution in [3.8, 4) is 5.75 Å². The van der Waals surface area contributed by atoms with Crippen LogP contribution in [-0.2, 0) is 12.8 Å². The number of aryl methyl sites for hydroxylation is 2. The van der Waals surface area contributed by atoms with Crippen molar-refractivity contribution in [1.29, 1.82) is 0 Å². The van der Waals surface area contributed by atoms with Crippen LogP contribution >= 0.6 is 11.3 Å². The summed E-state index contributed by atoms with van der Waals surface area (Å²) in [5, 5.41) is 13.0. The first-order chi connectivity index (χ1) is 10.8. The van der Waals surface area contributed by atoms with Gasteiger partial charge in [0.15, 0.2) is 0 Å². The molecular formula is C18H16N2OS. The third kappa shape index (κ3) is 2.40. The second-order valence-corrected chi connectivity index (χ2v) is 6.61. The quantitative estimate of drug-likeness (QED) is 0.701. The van der Waals surface area contributed by atoms with E-state index in [-0.39, 0.29) is 5.75 Å². The molecule has 0 spiro atoms. The summed E-state index contributed by atoms with van der Waals surface area (Å²) in [5.74, 6) is 0.253. The van der Waals surface area contributed by atoms with E-state index in [0.29, 0.717) is 0 Å². The molecule has 1 aliphatic rings. The maximum Gasteiger partial charge on any atom is 0.209 e. The minimum atomic E-state index is 0.253. The normalized spacial score (nSPS) is 14.5. The van der Waals surface area contributed by atoms with Crippen LogP contribution in [0, 0.1) is 0 Å². The number of benzene rings is 2. The smallest absolute Gasteiger partial charge is 0.209 e. The summed E-state index contributed by atoms with van der Waals surface area (Å²) >= 11 is 1.68. The topological polar surface area (TPSA) is 45.5 Å². The fourth-order valence-electron chi connectivity index (χ4n) is 2.93. The lowest BCUT2D eigenvalue weighted by Crippen LogP contribution is -1.98. The van der Waals surface area contributed by atoms with Crippen LogP contribution in [0.3, 0.4) is 0 Å². The van der Waals surface area contributed by atoms with Crippen LogP contribution in [0.5, 0.6) is 5.75 Å². The van der Waals surface area contributed by atoms with Crippen molar-refractivity contribution < 1.29 is 5.11 Å². The first-order valence-electron chi connectivity index (χ1n) is 7.54. The molecule has 3 nitrogen and oxygen atoms in total. The van der Waals surface area contributed by atoms with E-state index in [0.717, 1.165) is 34.3 Å². The molecule has 1 heterocycles. The van der Waals surface area contributed by atoms with E-state index in [1.165, 1.54) is 23.4 Å². The average molecular weight is 308 g/mol. The van der Waals surface area contributed by atoms with Gasteiger partial charge in [0.25, 0.3) is 0 Å². The lowest BCUT2D eigenvalue weighted by Gasteiger charge is -2.06. The van der Waals surface area contributed by atoms with E-state index in [4.69, 9.17) is 0 Å². The second kappa shape index (κ2) is 5.54. The monoisotopic (exact) mass is 308 g/mol. The van der Waals surface area contributed by atoms with E-state index >= 15 is 0 Å². The summed E-state index contributed by atoms with van der Waals surface area (Å²) in [6, 6.07) is 11.6. The van der Waals surface area contributed by atoms with Gasteiger partial charge in [0, 0.05) is 16.7 Å². The number of thiazole rings is 1. The average Bonchev–Trinajstić information content (AvgIpc) is 2.97. The molecule has 1 N–H and O–H groups in total. The van der Waals surface area contributed by atoms with Crippen molar-refractivity contribution >= 4 is 33.5 Å². The fraction of sp³-hybridized carbons (Fsp3) is 0.222. The highest BCUT2D eigenvalue weighted by Gasteiger charge is 2.14. The molecule has 22 heavy (non-hydrogen) atoms. The van der Waals surface area contributed by atoms with Gasteiger partial charge in [0.05, 0.1) is 5.69 Å². The molecule has 0 saturated heterocycles. The molecule has 4 heteroatoms. The Morgan fingerprint density at radius 2 is 1.95 bits per heavy atom. The zero-order valence-electron chi connectivity index (χ0n) is 12.1. The molecule has 0 atom stereocenters. The van der Waals surface area contributed by atoms with Crippen LogP contribution in [0.2, 0.25) is 0 Å². The summed E-state index contributed by atoms with van der Waals surface area (Å²) in [6.45, 7) is 0. The molecule has 0 fully saturated rings. The van der Waals surface area contributed by atoms with Gasteiger partial charge in [-0.2, -0.15) is 0 Å². The second-order valence-electron chi connectivity index (χ2n) is 5.55. The minimum Gasteiger partial charge on any atom is -0.507 e. The van der Waals surface area contributed by atoms with Gasteiger partial charge >= 0.3 is 0 Å². The van der Waals surface area contributed by atoms with Gasteiger partial charge in [0.1, 0.15) is 5.75 Å². The van der Waals surface area contributed by atoms with Gasteiger partial charge in [-0.15, -0.1) is 0 Å². The molecule has 110 valence electrons. The number of hydrogen-bond acceptors (Lipinski definition) is 4. The van der Waals surface area contributed by atoms with Gasteiger partial charge in [-0.25, -0.2) is 9.98 Å². The Morgan fingerprint density at radius 3 is 2.86 bits per heavy atom. The number of aromatic hydroxyl groups is 1. The molecule has 0 aliphatic heterocycles. The molecule has 2 aromatic carbocycles. The highest BCUT2D eigenvalue weighted by Crippen LogP contribution is 2.32. The van der Waals surface area contributed by atoms with Crippen LogP contribution in [0.4, 0.5) is 5.13 Å². The summed E-state index contributed by atoms with van der Waals surface area (Å²) in [4.78, 5) is 10.5. The molecule has 0 radical (unpaired) electrons. The maximum absolute atomic E-state index is 10.1. The van der Waals surface area contributed by atoms with Crippen molar-refractivity contribution in [2.24, 2.45) is 4.99 Å². The van der Waals surface area contributed by atoms with Crippen molar-refractivity contribution in [2.75, 3.05) is 0 Å². The SMILES string of the molecule is Oc1ccc2ccccc2c1C=Nc1nc2c(s1)CCCC2. The Morgan fingerprint density at radius 1 is 1.09 bits per heavy atom. The first kappa shape index (κ1) is 13.5. The Kier molecular flexibility index (Phi) is 3.39. The number of rotatable bonds is 2. The predicted molar refractivity (Wildman–Crippen MR) is 91.6 cm³/mol. The van der Waals surface area contributed by atoms with Crippen LogP contribution in [0.25, 0.3) is 10.8 Å². The van der Waals surface area contributed by atoms with Crippen molar-refractivity contribution in [1.82, 2.24) is 4.98 Å². The summed E-state index contributed by atoms with van der Waals surface area (Å²) in [6.07, 6.45) is 6.41. The minimum absolute atomic E-state index is 0.253. The van der Waals surface area contributed by atoms with E-state index in [9.17, 15) is 5.11 Å². The van der Waals surface area contributed by atoms with Crippen LogP contribution < -0.4 is 0 Å². The molecule has 3 aromatic rings. The molecule has 4 rings (SSSR count). The van der Waals surface area contributed by atoms with Crippen LogP contribution in [-0.4, -0.2) is 16.3 Å². The van der Waals surface area contributed by atoms with E-state index in [1.54, 1.807) is 23.6 Å². The maximum atomic E-state index is 10.1. The highest BCUT2D eigenvalue weighted by molar-refractivity contribution is 7.15. The number of fused-ring (bicyclic) bond motifs is 2. The number of phenolic OH excluding ortho intramolecular Hbond substituents is 1. The standard InChI is InChI=1S/C18H16N2OS/c21-16-10-9-12-5-1-2-6-13(12)14(16)11-19-18-20-15-7-3-4-8-17(15)22-18/h1-2,5-6,9-11,21H,3-4,7-8H2. The lowest BCUT2D eigenvalue weighted by atomic mass is 10.0. The van der Waals surface area contributed by atoms with E-state index in [2.05, 4.69) is 9.98 Å². The number of phenols is 1. The summed E-state index contributed by atoms with van der Waals surface area (Å²) < 4.78 is 0. The van der Waals surface area contributed by atoms with Crippen molar-refractivity contribution in [3.63, 3.8) is 0 Å². The summed E-state index contributed by atoms with van der Waals surface area (Å²) in [5.41, 5.74) is 1.97. The van der Waals surface area contributed by atoms with Gasteiger partial charge in [0.2, 0.25) is 5.13 Å². The van der Waals surface area contributed by atoms with E-state index in [1.807, 2.05) is 30.3 Å². The van der Waals surface area contributed by atoms with Gasteiger partial charge < -0.3 is 5.11 Å². The number of aromatic nitrogens is 1. The Bertz CT molecular complexity index is 843. The number of aliphatic imine (C=N–C) groups is 1. The first-order valence-corrected chi connectivity index (χ1v) is 8.36. The highest BCUT2D eigenvalue weighted by atomic mass is 32.1. The molecule has 0 unspecified atom stereocenters. The largest absolute Gasteiger partial charge is 0.507 e. The van der Waals surface area contributed by atoms with Crippen LogP contribution in [0.15, 0.2) is 41.4 Å². The molecule has 0 bridgehead atoms. The Balaban J connectivity index is 1.74. The van der Waals surface area contributed by atoms with Crippen molar-refractivity contribution in [2.45, 2.75) is 25.7 Å². The zero-order valence-corrected chi connectivity index (χ0v) is 12.9. The number of nitrogens with zero attached hydrogens (tertiary/aromatic N) is 2. The Hall–Kier alpha value is -2.20. The molecule has 0 amide bonds. The molecular weight excluding hydrogens is 292 g/mol. The van der Waals surface area contributed by atoms with Gasteiger partial charge in [-0.3, -0.25) is 0 Å². The third-order valence-corrected chi connectivity index (χ3v) is 5.15. The summed E-state index contributed by atoms with van der Waals surface area (Å²) in [7, 11) is 0. The predicted octanol–water partition coefficient (Wildman–Crippen LogP) is 4.63. The number of hydrogen-bond donors (Lipinski definition) is 1. The van der Waals surface area contributed by atoms with Gasteiger partial charge in [-0.1, -0.05) is 41.7 Å². The van der Waals surface area contributed by atoms with Crippen LogP contribution in [0.1, 0.15) is 29.0 Å². The molecule has 1 aromatic heterocycles. The van der Waals surface area contributed by atoms with Gasteiger partial charge in [-0.05, 0) is 42.5 Å². The third-order valence-electron chi connectivity index (χ3n) is 4.09. The van der Waals surface area contributed by atoms with Crippen molar-refractivity contribution in [3.05, 3.63) is 52.5 Å². The zero-order chi connectivity index (χ0) is 14.9. The molecule has 0 saturated carbocycles. The molecule has 1 aliphatic carbocycles. The van der Waals surface area contributed by atoms with E-state index < -0.39 is 0 Å². The Labute approximate surface area is 133 Å².